The van der Waals surface area contributed by atoms with Gasteiger partial charge in [-0.2, -0.15) is 11.4 Å². The van der Waals surface area contributed by atoms with Crippen molar-refractivity contribution in [2.75, 3.05) is 14.2 Å². The first-order valence-electron chi connectivity index (χ1n) is 8.88. The molecule has 0 radical (unpaired) electrons. The summed E-state index contributed by atoms with van der Waals surface area (Å²) in [5.41, 5.74) is 3.68. The first kappa shape index (κ1) is 24.8. The number of halogens is 2. The van der Waals surface area contributed by atoms with Crippen molar-refractivity contribution in [1.29, 1.82) is 0 Å². The average molecular weight is 493 g/mol. The predicted molar refractivity (Wildman–Crippen MR) is 119 cm³/mol. The van der Waals surface area contributed by atoms with Gasteiger partial charge in [0.05, 0.1) is 25.3 Å². The van der Waals surface area contributed by atoms with Crippen LogP contribution in [-0.4, -0.2) is 26.2 Å². The van der Waals surface area contributed by atoms with E-state index in [-0.39, 0.29) is 0 Å². The van der Waals surface area contributed by atoms with Gasteiger partial charge in [-0.25, -0.2) is 9.59 Å². The Bertz CT molecular complexity index is 919. The Labute approximate surface area is 197 Å². The molecule has 0 heterocycles. The van der Waals surface area contributed by atoms with Crippen LogP contribution in [0.2, 0.25) is 0 Å². The number of hydrogen-bond acceptors (Lipinski definition) is 4. The summed E-state index contributed by atoms with van der Waals surface area (Å²) in [4.78, 5) is 23.1. The van der Waals surface area contributed by atoms with E-state index >= 15 is 0 Å². The second-order valence-electron chi connectivity index (χ2n) is 5.86. The van der Waals surface area contributed by atoms with E-state index in [1.807, 2.05) is 24.3 Å². The van der Waals surface area contributed by atoms with E-state index < -0.39 is 29.0 Å². The van der Waals surface area contributed by atoms with Gasteiger partial charge in [-0.05, 0) is 24.3 Å². The first-order chi connectivity index (χ1) is 15.0. The fourth-order valence-corrected chi connectivity index (χ4v) is 2.51. The number of para-hydroxylation sites is 2. The number of carbonyl (C=O) groups excluding carboxylic acids is 2. The Balaban J connectivity index is 0.00000107. The van der Waals surface area contributed by atoms with Gasteiger partial charge >= 0.3 is 47.6 Å². The van der Waals surface area contributed by atoms with Crippen LogP contribution in [0.25, 0.3) is 10.6 Å². The number of benzene rings is 3. The second-order valence-corrected chi connectivity index (χ2v) is 8.44. The van der Waals surface area contributed by atoms with E-state index in [0.717, 1.165) is 0 Å². The zero-order valence-corrected chi connectivity index (χ0v) is 19.8. The zero-order chi connectivity index (χ0) is 22.6. The van der Waals surface area contributed by atoms with Crippen LogP contribution in [0.5, 0.6) is 0 Å². The summed E-state index contributed by atoms with van der Waals surface area (Å²) in [6.07, 6.45) is 0. The van der Waals surface area contributed by atoms with Gasteiger partial charge in [-0.3, -0.25) is 0 Å². The molecule has 0 aromatic heterocycles. The molecule has 0 aliphatic rings. The molecule has 0 N–H and O–H groups in total. The van der Waals surface area contributed by atoms with E-state index in [1.165, 1.54) is 14.2 Å². The van der Waals surface area contributed by atoms with Crippen molar-refractivity contribution in [2.45, 2.75) is 0 Å². The topological polar surface area (TPSA) is 80.8 Å². The summed E-state index contributed by atoms with van der Waals surface area (Å²) in [7, 11) is 12.5. The molecule has 0 saturated heterocycles. The Morgan fingerprint density at radius 3 is 1.29 bits per heavy atom. The molecule has 0 atom stereocenters. The third-order valence-electron chi connectivity index (χ3n) is 3.96. The molecule has 6 nitrogen and oxygen atoms in total. The number of carbonyl (C=O) groups is 2. The van der Waals surface area contributed by atoms with Gasteiger partial charge in [0, 0.05) is 0 Å². The average Bonchev–Trinajstić information content (AvgIpc) is 2.81. The maximum atomic E-state index is 11.5. The molecular formula is C22H18Cl2N2O4Ti-2. The molecule has 0 saturated carbocycles. The van der Waals surface area contributed by atoms with Gasteiger partial charge in [0.1, 0.15) is 0 Å². The van der Waals surface area contributed by atoms with Crippen molar-refractivity contribution < 1.29 is 36.1 Å². The van der Waals surface area contributed by atoms with Gasteiger partial charge in [-0.15, -0.1) is 11.4 Å². The van der Waals surface area contributed by atoms with Crippen molar-refractivity contribution in [3.05, 3.63) is 94.6 Å². The fourth-order valence-electron chi connectivity index (χ4n) is 2.51. The van der Waals surface area contributed by atoms with Crippen LogP contribution in [-0.2, 0) is 26.5 Å². The summed E-state index contributed by atoms with van der Waals surface area (Å²) < 4.78 is 9.39. The molecule has 0 fully saturated rings. The standard InChI is InChI=1S/C22H20N2O4.2ClH.Ti/c1-27-21(25)15-7-11-17(12-8-15)23-19-5-3-4-6-20(19)24-18-13-9-16(10-14-18)22(26)28-2;;;/h3-14H,1-2H3,(H2,23,24,25,26);2*1H;/q;;;+2/p-4. The Kier molecular flexibility index (Phi) is 10.4. The van der Waals surface area contributed by atoms with Crippen molar-refractivity contribution in [3.63, 3.8) is 0 Å². The summed E-state index contributed by atoms with van der Waals surface area (Å²) >= 11 is -0.556. The van der Waals surface area contributed by atoms with E-state index in [4.69, 9.17) is 28.1 Å². The molecular weight excluding hydrogens is 475 g/mol. The van der Waals surface area contributed by atoms with Gasteiger partial charge in [-0.1, -0.05) is 48.5 Å². The van der Waals surface area contributed by atoms with E-state index in [0.29, 0.717) is 33.9 Å². The molecule has 3 aromatic carbocycles. The van der Waals surface area contributed by atoms with Crippen LogP contribution in [0.1, 0.15) is 20.7 Å². The van der Waals surface area contributed by atoms with Crippen LogP contribution in [0.4, 0.5) is 22.7 Å². The van der Waals surface area contributed by atoms with Crippen LogP contribution < -0.4 is 0 Å². The summed E-state index contributed by atoms with van der Waals surface area (Å²) in [5, 5.41) is 9.21. The van der Waals surface area contributed by atoms with Crippen molar-refractivity contribution >= 4 is 53.3 Å². The molecule has 3 aromatic rings. The molecule has 0 spiro atoms. The summed E-state index contributed by atoms with van der Waals surface area (Å²) in [6, 6.07) is 21.1. The second kappa shape index (κ2) is 13.0. The van der Waals surface area contributed by atoms with Gasteiger partial charge in [0.15, 0.2) is 0 Å². The number of ether oxygens (including phenoxy) is 2. The molecule has 3 rings (SSSR count). The number of nitrogens with zero attached hydrogens (tertiary/aromatic N) is 2. The fraction of sp³-hybridized carbons (Fsp3) is 0.0909. The Morgan fingerprint density at radius 2 is 1.00 bits per heavy atom. The number of methoxy groups -OCH3 is 2. The quantitative estimate of drug-likeness (QED) is 0.267. The zero-order valence-electron chi connectivity index (χ0n) is 16.7. The van der Waals surface area contributed by atoms with Crippen LogP contribution in [0, 0.1) is 0 Å². The molecule has 0 aliphatic carbocycles. The maximum absolute atomic E-state index is 11.5. The van der Waals surface area contributed by atoms with Crippen molar-refractivity contribution in [1.82, 2.24) is 0 Å². The van der Waals surface area contributed by atoms with Crippen molar-refractivity contribution in [3.8, 4) is 0 Å². The van der Waals surface area contributed by atoms with Gasteiger partial charge in [0.2, 0.25) is 0 Å². The molecule has 9 heteroatoms. The third kappa shape index (κ3) is 7.60. The Hall–Kier alpha value is -2.51. The SMILES string of the molecule is COC(=O)c1ccc([N-]c2ccccc2[N-]c2ccc(C(=O)OC)cc2)cc1.[Cl][Ti][Cl]. The molecule has 0 bridgehead atoms. The minimum absolute atomic E-state index is 0.391. The van der Waals surface area contributed by atoms with E-state index in [2.05, 4.69) is 10.6 Å². The van der Waals surface area contributed by atoms with Crippen molar-refractivity contribution in [2.24, 2.45) is 0 Å². The number of hydrogen-bond donors (Lipinski definition) is 0. The van der Waals surface area contributed by atoms with Gasteiger partial charge < -0.3 is 20.1 Å². The third-order valence-corrected chi connectivity index (χ3v) is 3.96. The molecule has 0 unspecified atom stereocenters. The van der Waals surface area contributed by atoms with Gasteiger partial charge in [0.25, 0.3) is 0 Å². The predicted octanol–water partition coefficient (Wildman–Crippen LogP) is 7.31. The Morgan fingerprint density at radius 1 is 0.677 bits per heavy atom. The van der Waals surface area contributed by atoms with Crippen LogP contribution in [0.15, 0.2) is 72.8 Å². The van der Waals surface area contributed by atoms with E-state index in [9.17, 15) is 9.59 Å². The van der Waals surface area contributed by atoms with E-state index in [1.54, 1.807) is 48.5 Å². The first-order valence-corrected chi connectivity index (χ1v) is 13.2. The monoisotopic (exact) mass is 492 g/mol. The number of rotatable bonds is 6. The normalized spacial score (nSPS) is 9.55. The number of esters is 2. The van der Waals surface area contributed by atoms with Crippen LogP contribution in [0.3, 0.4) is 0 Å². The molecule has 160 valence electrons. The minimum atomic E-state index is -0.556. The molecule has 31 heavy (non-hydrogen) atoms. The molecule has 0 aliphatic heterocycles. The molecule has 0 amide bonds. The summed E-state index contributed by atoms with van der Waals surface area (Å²) in [6.45, 7) is 0. The summed E-state index contributed by atoms with van der Waals surface area (Å²) in [5.74, 6) is -0.783. The van der Waals surface area contributed by atoms with Crippen LogP contribution >= 0.6 is 18.6 Å².